The van der Waals surface area contributed by atoms with E-state index in [1.165, 1.54) is 6.07 Å². The van der Waals surface area contributed by atoms with Gasteiger partial charge in [-0.05, 0) is 65.1 Å². The molecule has 2 aromatic rings. The highest BCUT2D eigenvalue weighted by Crippen LogP contribution is 2.31. The second-order valence-electron chi connectivity index (χ2n) is 5.60. The lowest BCUT2D eigenvalue weighted by atomic mass is 10.1. The first kappa shape index (κ1) is 19.5. The number of esters is 1. The minimum Gasteiger partial charge on any atom is -0.454 e. The number of hydrogen-bond acceptors (Lipinski definition) is 5. The molecule has 0 fully saturated rings. The molecule has 0 saturated heterocycles. The highest BCUT2D eigenvalue weighted by atomic mass is 127. The van der Waals surface area contributed by atoms with Gasteiger partial charge in [0.2, 0.25) is 0 Å². The summed E-state index contributed by atoms with van der Waals surface area (Å²) < 4.78 is 6.59. The third-order valence-electron chi connectivity index (χ3n) is 3.71. The Labute approximate surface area is 176 Å². The van der Waals surface area contributed by atoms with Crippen molar-refractivity contribution in [2.75, 3.05) is 23.4 Å². The van der Waals surface area contributed by atoms with Gasteiger partial charge in [-0.1, -0.05) is 15.9 Å². The molecule has 138 valence electrons. The van der Waals surface area contributed by atoms with Crippen LogP contribution in [0.2, 0.25) is 0 Å². The Balaban J connectivity index is 1.57. The zero-order chi connectivity index (χ0) is 19.6. The van der Waals surface area contributed by atoms with E-state index in [0.29, 0.717) is 15.8 Å². The molecule has 2 amide bonds. The molecule has 1 N–H and O–H groups in total. The summed E-state index contributed by atoms with van der Waals surface area (Å²) in [6, 6.07) is 11.9. The summed E-state index contributed by atoms with van der Waals surface area (Å²) in [5, 5.41) is 2.60. The maximum absolute atomic E-state index is 12.1. The van der Waals surface area contributed by atoms with Crippen molar-refractivity contribution in [1.82, 2.24) is 0 Å². The Bertz CT molecular complexity index is 945. The van der Waals surface area contributed by atoms with E-state index in [1.54, 1.807) is 24.3 Å². The first-order valence-electron chi connectivity index (χ1n) is 7.72. The van der Waals surface area contributed by atoms with Gasteiger partial charge in [0.1, 0.15) is 6.54 Å². The van der Waals surface area contributed by atoms with E-state index < -0.39 is 36.7 Å². The number of ketones is 1. The fraction of sp³-hybridized carbons (Fsp3) is 0.111. The monoisotopic (exact) mass is 542 g/mol. The van der Waals surface area contributed by atoms with Crippen LogP contribution >= 0.6 is 38.5 Å². The maximum atomic E-state index is 12.1. The maximum Gasteiger partial charge on any atom is 0.326 e. The number of nitrogens with one attached hydrogen (secondary N) is 1. The number of anilines is 2. The zero-order valence-electron chi connectivity index (χ0n) is 13.7. The normalized spacial score (nSPS) is 12.7. The third kappa shape index (κ3) is 4.53. The summed E-state index contributed by atoms with van der Waals surface area (Å²) >= 11 is 5.38. The fourth-order valence-electron chi connectivity index (χ4n) is 2.48. The SMILES string of the molecule is O=C(COC(=O)CN1C(=O)C(=O)c2cc(Br)ccc21)Nc1ccc(I)cc1. The third-order valence-corrected chi connectivity index (χ3v) is 4.93. The predicted molar refractivity (Wildman–Crippen MR) is 110 cm³/mol. The number of carbonyl (C=O) groups is 4. The van der Waals surface area contributed by atoms with E-state index >= 15 is 0 Å². The Morgan fingerprint density at radius 2 is 1.81 bits per heavy atom. The second-order valence-corrected chi connectivity index (χ2v) is 7.76. The van der Waals surface area contributed by atoms with E-state index in [-0.39, 0.29) is 5.56 Å². The van der Waals surface area contributed by atoms with Gasteiger partial charge in [-0.25, -0.2) is 0 Å². The molecule has 7 nitrogen and oxygen atoms in total. The summed E-state index contributed by atoms with van der Waals surface area (Å²) in [7, 11) is 0. The van der Waals surface area contributed by atoms with Crippen LogP contribution in [0.15, 0.2) is 46.9 Å². The van der Waals surface area contributed by atoms with Gasteiger partial charge in [-0.2, -0.15) is 0 Å². The molecular formula is C18H12BrIN2O5. The van der Waals surface area contributed by atoms with Gasteiger partial charge >= 0.3 is 5.97 Å². The molecule has 0 bridgehead atoms. The van der Waals surface area contributed by atoms with Gasteiger partial charge < -0.3 is 10.1 Å². The van der Waals surface area contributed by atoms with Crippen LogP contribution in [0.3, 0.4) is 0 Å². The summed E-state index contributed by atoms with van der Waals surface area (Å²) in [6.07, 6.45) is 0. The summed E-state index contributed by atoms with van der Waals surface area (Å²) in [5.41, 5.74) is 1.14. The predicted octanol–water partition coefficient (Wildman–Crippen LogP) is 2.76. The van der Waals surface area contributed by atoms with Crippen LogP contribution in [-0.2, 0) is 19.1 Å². The standard InChI is InChI=1S/C18H12BrIN2O5/c19-10-1-6-14-13(7-10)17(25)18(26)22(14)8-16(24)27-9-15(23)21-12-4-2-11(20)3-5-12/h1-7H,8-9H2,(H,21,23). The smallest absolute Gasteiger partial charge is 0.326 e. The van der Waals surface area contributed by atoms with Gasteiger partial charge in [0.25, 0.3) is 17.6 Å². The van der Waals surface area contributed by atoms with Crippen LogP contribution in [0.1, 0.15) is 10.4 Å². The van der Waals surface area contributed by atoms with Crippen molar-refractivity contribution in [3.63, 3.8) is 0 Å². The Morgan fingerprint density at radius 1 is 1.11 bits per heavy atom. The van der Waals surface area contributed by atoms with Crippen molar-refractivity contribution >= 4 is 73.5 Å². The highest BCUT2D eigenvalue weighted by molar-refractivity contribution is 14.1. The van der Waals surface area contributed by atoms with Crippen LogP contribution < -0.4 is 10.2 Å². The summed E-state index contributed by atoms with van der Waals surface area (Å²) in [5.74, 6) is -2.78. The molecular weight excluding hydrogens is 531 g/mol. The van der Waals surface area contributed by atoms with Crippen molar-refractivity contribution in [3.8, 4) is 0 Å². The molecule has 3 rings (SSSR count). The van der Waals surface area contributed by atoms with Crippen LogP contribution in [-0.4, -0.2) is 36.7 Å². The fourth-order valence-corrected chi connectivity index (χ4v) is 3.20. The number of carbonyl (C=O) groups excluding carboxylic acids is 4. The van der Waals surface area contributed by atoms with Gasteiger partial charge in [-0.15, -0.1) is 0 Å². The molecule has 27 heavy (non-hydrogen) atoms. The Kier molecular flexibility index (Phi) is 5.90. The van der Waals surface area contributed by atoms with Gasteiger partial charge in [0.05, 0.1) is 11.3 Å². The Hall–Kier alpha value is -2.27. The van der Waals surface area contributed by atoms with Gasteiger partial charge in [0.15, 0.2) is 6.61 Å². The van der Waals surface area contributed by atoms with Crippen LogP contribution in [0.4, 0.5) is 11.4 Å². The van der Waals surface area contributed by atoms with Crippen molar-refractivity contribution in [3.05, 3.63) is 56.1 Å². The van der Waals surface area contributed by atoms with Crippen molar-refractivity contribution in [1.29, 1.82) is 0 Å². The van der Waals surface area contributed by atoms with E-state index in [9.17, 15) is 19.2 Å². The van der Waals surface area contributed by atoms with Crippen LogP contribution in [0, 0.1) is 3.57 Å². The van der Waals surface area contributed by atoms with Gasteiger partial charge in [-0.3, -0.25) is 24.1 Å². The topological polar surface area (TPSA) is 92.8 Å². The first-order chi connectivity index (χ1) is 12.8. The quantitative estimate of drug-likeness (QED) is 0.356. The molecule has 1 aliphatic heterocycles. The average molecular weight is 543 g/mol. The van der Waals surface area contributed by atoms with Crippen LogP contribution in [0.5, 0.6) is 0 Å². The lowest BCUT2D eigenvalue weighted by Crippen LogP contribution is -2.36. The molecule has 1 heterocycles. The molecule has 0 aliphatic carbocycles. The Morgan fingerprint density at radius 3 is 2.52 bits per heavy atom. The minimum absolute atomic E-state index is 0.221. The number of Topliss-reactive ketones (excluding diaryl/α,β-unsaturated/α-hetero) is 1. The number of fused-ring (bicyclic) bond motifs is 1. The zero-order valence-corrected chi connectivity index (χ0v) is 17.4. The highest BCUT2D eigenvalue weighted by Gasteiger charge is 2.37. The second kappa shape index (κ2) is 8.17. The molecule has 0 spiro atoms. The number of halogens is 2. The lowest BCUT2D eigenvalue weighted by molar-refractivity contribution is -0.146. The number of amides is 2. The molecule has 0 atom stereocenters. The molecule has 0 radical (unpaired) electrons. The van der Waals surface area contributed by atoms with E-state index in [1.807, 2.05) is 12.1 Å². The molecule has 0 saturated carbocycles. The summed E-state index contributed by atoms with van der Waals surface area (Å²) in [6.45, 7) is -0.940. The van der Waals surface area contributed by atoms with Crippen molar-refractivity contribution in [2.45, 2.75) is 0 Å². The number of ether oxygens (including phenoxy) is 1. The molecule has 2 aromatic carbocycles. The van der Waals surface area contributed by atoms with E-state index in [2.05, 4.69) is 43.8 Å². The van der Waals surface area contributed by atoms with Crippen LogP contribution in [0.25, 0.3) is 0 Å². The minimum atomic E-state index is -0.802. The lowest BCUT2D eigenvalue weighted by Gasteiger charge is -2.15. The number of rotatable bonds is 5. The van der Waals surface area contributed by atoms with Gasteiger partial charge in [0, 0.05) is 13.7 Å². The number of benzene rings is 2. The van der Waals surface area contributed by atoms with Crippen molar-refractivity contribution in [2.24, 2.45) is 0 Å². The molecule has 0 unspecified atom stereocenters. The number of nitrogens with zero attached hydrogens (tertiary/aromatic N) is 1. The number of hydrogen-bond donors (Lipinski definition) is 1. The first-order valence-corrected chi connectivity index (χ1v) is 9.59. The average Bonchev–Trinajstić information content (AvgIpc) is 2.86. The molecule has 9 heteroatoms. The molecule has 0 aromatic heterocycles. The summed E-state index contributed by atoms with van der Waals surface area (Å²) in [4.78, 5) is 49.0. The molecule has 1 aliphatic rings. The van der Waals surface area contributed by atoms with E-state index in [4.69, 9.17) is 4.74 Å². The van der Waals surface area contributed by atoms with E-state index in [0.717, 1.165) is 8.47 Å². The van der Waals surface area contributed by atoms with Crippen molar-refractivity contribution < 1.29 is 23.9 Å². The largest absolute Gasteiger partial charge is 0.454 e.